The van der Waals surface area contributed by atoms with Gasteiger partial charge >= 0.3 is 0 Å². The van der Waals surface area contributed by atoms with E-state index in [0.717, 1.165) is 20.7 Å². The Morgan fingerprint density at radius 1 is 1.25 bits per heavy atom. The molecule has 0 fully saturated rings. The molecule has 0 bridgehead atoms. The average molecular weight is 289 g/mol. The molecule has 0 aliphatic carbocycles. The molecule has 0 saturated heterocycles. The number of nitrogens with zero attached hydrogens (tertiary/aromatic N) is 2. The third-order valence-corrected chi connectivity index (χ3v) is 4.24. The normalized spacial score (nSPS) is 11.2. The Hall–Kier alpha value is -2.21. The molecule has 6 heteroatoms. The van der Waals surface area contributed by atoms with Crippen LogP contribution in [0.25, 0.3) is 21.3 Å². The lowest BCUT2D eigenvalue weighted by Crippen LogP contribution is -2.30. The minimum absolute atomic E-state index is 0.281. The third kappa shape index (κ3) is 1.80. The van der Waals surface area contributed by atoms with Gasteiger partial charge in [-0.15, -0.1) is 11.3 Å². The maximum Gasteiger partial charge on any atom is 0.281 e. The van der Waals surface area contributed by atoms with Gasteiger partial charge in [0.25, 0.3) is 5.56 Å². The summed E-state index contributed by atoms with van der Waals surface area (Å²) in [4.78, 5) is 18.3. The molecule has 2 heterocycles. The topological polar surface area (TPSA) is 60.9 Å². The van der Waals surface area contributed by atoms with Gasteiger partial charge in [0.2, 0.25) is 0 Å². The predicted octanol–water partition coefficient (Wildman–Crippen LogP) is 2.59. The smallest absolute Gasteiger partial charge is 0.281 e. The van der Waals surface area contributed by atoms with Gasteiger partial charge in [0.15, 0.2) is 0 Å². The van der Waals surface area contributed by atoms with E-state index < -0.39 is 0 Å². The van der Waals surface area contributed by atoms with Crippen molar-refractivity contribution in [3.63, 3.8) is 0 Å². The van der Waals surface area contributed by atoms with E-state index >= 15 is 0 Å². The maximum atomic E-state index is 13.0. The summed E-state index contributed by atoms with van der Waals surface area (Å²) in [7, 11) is 0. The second-order valence-corrected chi connectivity index (χ2v) is 5.76. The zero-order chi connectivity index (χ0) is 14.4. The number of nitrogen functional groups attached to an aromatic ring is 1. The Morgan fingerprint density at radius 2 is 1.90 bits per heavy atom. The molecule has 2 aromatic heterocycles. The van der Waals surface area contributed by atoms with Gasteiger partial charge in [-0.05, 0) is 31.5 Å². The molecule has 3 rings (SSSR count). The Kier molecular flexibility index (Phi) is 2.83. The van der Waals surface area contributed by atoms with Gasteiger partial charge < -0.3 is 5.84 Å². The van der Waals surface area contributed by atoms with E-state index in [1.807, 2.05) is 6.92 Å². The Balaban J connectivity index is 2.42. The largest absolute Gasteiger partial charge is 0.335 e. The lowest BCUT2D eigenvalue weighted by molar-refractivity contribution is 0.628. The van der Waals surface area contributed by atoms with Crippen LogP contribution < -0.4 is 11.4 Å². The van der Waals surface area contributed by atoms with Crippen LogP contribution >= 0.6 is 11.3 Å². The zero-order valence-electron chi connectivity index (χ0n) is 11.0. The summed E-state index contributed by atoms with van der Waals surface area (Å²) in [6, 6.07) is 6.07. The number of halogens is 1. The quantitative estimate of drug-likeness (QED) is 0.700. The first kappa shape index (κ1) is 12.8. The van der Waals surface area contributed by atoms with E-state index in [4.69, 9.17) is 5.84 Å². The number of thiophene rings is 1. The van der Waals surface area contributed by atoms with E-state index in [1.165, 1.54) is 23.5 Å². The highest BCUT2D eigenvalue weighted by Crippen LogP contribution is 2.35. The fraction of sp³-hybridized carbons (Fsp3) is 0.143. The van der Waals surface area contributed by atoms with Crippen molar-refractivity contribution in [2.45, 2.75) is 13.8 Å². The van der Waals surface area contributed by atoms with E-state index in [-0.39, 0.29) is 11.4 Å². The summed E-state index contributed by atoms with van der Waals surface area (Å²) < 4.78 is 14.1. The third-order valence-electron chi connectivity index (χ3n) is 3.24. The number of benzene rings is 1. The van der Waals surface area contributed by atoms with Crippen LogP contribution in [0, 0.1) is 19.7 Å². The minimum Gasteiger partial charge on any atom is -0.335 e. The number of aryl methyl sites for hydroxylation is 2. The van der Waals surface area contributed by atoms with E-state index in [2.05, 4.69) is 4.98 Å². The second-order valence-electron chi connectivity index (χ2n) is 4.55. The van der Waals surface area contributed by atoms with Crippen molar-refractivity contribution in [2.24, 2.45) is 0 Å². The number of rotatable bonds is 1. The first-order valence-electron chi connectivity index (χ1n) is 6.03. The van der Waals surface area contributed by atoms with Gasteiger partial charge in [0.05, 0.1) is 5.39 Å². The Morgan fingerprint density at radius 3 is 2.55 bits per heavy atom. The summed E-state index contributed by atoms with van der Waals surface area (Å²) in [5.74, 6) is 5.87. The molecule has 0 amide bonds. The van der Waals surface area contributed by atoms with Crippen molar-refractivity contribution >= 4 is 21.6 Å². The SMILES string of the molecule is Cc1sc2nc(C)n(N)c(=O)c2c1-c1ccc(F)cc1. The highest BCUT2D eigenvalue weighted by molar-refractivity contribution is 7.19. The maximum absolute atomic E-state index is 13.0. The molecule has 0 unspecified atom stereocenters. The van der Waals surface area contributed by atoms with Gasteiger partial charge in [-0.1, -0.05) is 12.1 Å². The van der Waals surface area contributed by atoms with Crippen LogP contribution in [0.4, 0.5) is 4.39 Å². The molecule has 0 saturated carbocycles. The highest BCUT2D eigenvalue weighted by atomic mass is 32.1. The molecule has 3 aromatic rings. The molecule has 0 atom stereocenters. The van der Waals surface area contributed by atoms with Crippen molar-refractivity contribution in [1.29, 1.82) is 0 Å². The van der Waals surface area contributed by atoms with Crippen molar-refractivity contribution in [1.82, 2.24) is 9.66 Å². The first-order valence-corrected chi connectivity index (χ1v) is 6.84. The first-order chi connectivity index (χ1) is 9.49. The van der Waals surface area contributed by atoms with Gasteiger partial charge in [-0.3, -0.25) is 4.79 Å². The zero-order valence-corrected chi connectivity index (χ0v) is 11.8. The molecule has 0 aliphatic rings. The van der Waals surface area contributed by atoms with E-state index in [1.54, 1.807) is 19.1 Å². The number of hydrogen-bond donors (Lipinski definition) is 1. The highest BCUT2D eigenvalue weighted by Gasteiger charge is 2.17. The fourth-order valence-electron chi connectivity index (χ4n) is 2.24. The molecule has 20 heavy (non-hydrogen) atoms. The van der Waals surface area contributed by atoms with Crippen LogP contribution in [-0.2, 0) is 0 Å². The van der Waals surface area contributed by atoms with Gasteiger partial charge in [0, 0.05) is 10.4 Å². The van der Waals surface area contributed by atoms with E-state index in [9.17, 15) is 9.18 Å². The minimum atomic E-state index is -0.309. The summed E-state index contributed by atoms with van der Waals surface area (Å²) in [5.41, 5.74) is 1.29. The van der Waals surface area contributed by atoms with Gasteiger partial charge in [-0.25, -0.2) is 14.1 Å². The average Bonchev–Trinajstić information content (AvgIpc) is 2.73. The summed E-state index contributed by atoms with van der Waals surface area (Å²) in [5, 5.41) is 0.493. The molecule has 0 radical (unpaired) electrons. The van der Waals surface area contributed by atoms with Crippen LogP contribution in [0.1, 0.15) is 10.7 Å². The molecule has 2 N–H and O–H groups in total. The van der Waals surface area contributed by atoms with Crippen LogP contribution in [0.15, 0.2) is 29.1 Å². The number of hydrogen-bond acceptors (Lipinski definition) is 4. The molecule has 4 nitrogen and oxygen atoms in total. The number of fused-ring (bicyclic) bond motifs is 1. The Bertz CT molecular complexity index is 865. The summed E-state index contributed by atoms with van der Waals surface area (Å²) >= 11 is 1.44. The Labute approximate surface area is 118 Å². The second kappa shape index (κ2) is 4.42. The van der Waals surface area contributed by atoms with Crippen molar-refractivity contribution < 1.29 is 4.39 Å². The number of nitrogens with two attached hydrogens (primary N) is 1. The van der Waals surface area contributed by atoms with Gasteiger partial charge in [0.1, 0.15) is 16.5 Å². The van der Waals surface area contributed by atoms with Crippen molar-refractivity contribution in [3.8, 4) is 11.1 Å². The fourth-order valence-corrected chi connectivity index (χ4v) is 3.32. The molecular weight excluding hydrogens is 277 g/mol. The standard InChI is InChI=1S/C14H12FN3OS/c1-7-11(9-3-5-10(15)6-4-9)12-13(20-7)17-8(2)18(16)14(12)19/h3-6H,16H2,1-2H3. The monoisotopic (exact) mass is 289 g/mol. The summed E-state index contributed by atoms with van der Waals surface area (Å²) in [6.45, 7) is 3.61. The molecule has 102 valence electrons. The van der Waals surface area contributed by atoms with Gasteiger partial charge in [-0.2, -0.15) is 0 Å². The van der Waals surface area contributed by atoms with Crippen LogP contribution in [0.3, 0.4) is 0 Å². The van der Waals surface area contributed by atoms with Crippen molar-refractivity contribution in [3.05, 3.63) is 51.1 Å². The van der Waals surface area contributed by atoms with Crippen molar-refractivity contribution in [2.75, 3.05) is 5.84 Å². The lowest BCUT2D eigenvalue weighted by Gasteiger charge is -2.04. The summed E-state index contributed by atoms with van der Waals surface area (Å²) in [6.07, 6.45) is 0. The molecule has 0 aliphatic heterocycles. The van der Waals surface area contributed by atoms with Crippen LogP contribution in [-0.4, -0.2) is 9.66 Å². The molecular formula is C14H12FN3OS. The molecule has 1 aromatic carbocycles. The van der Waals surface area contributed by atoms with E-state index in [0.29, 0.717) is 16.0 Å². The lowest BCUT2D eigenvalue weighted by atomic mass is 10.0. The molecule has 0 spiro atoms. The number of aromatic nitrogens is 2. The predicted molar refractivity (Wildman–Crippen MR) is 78.9 cm³/mol. The van der Waals surface area contributed by atoms with Crippen LogP contribution in [0.5, 0.6) is 0 Å². The van der Waals surface area contributed by atoms with Crippen LogP contribution in [0.2, 0.25) is 0 Å².